The number of alkyl halides is 3. The Balaban J connectivity index is 1.37. The number of urea groups is 1. The Labute approximate surface area is 223 Å². The second-order valence-corrected chi connectivity index (χ2v) is 8.92. The molecule has 3 N–H and O–H groups in total. The fourth-order valence-corrected chi connectivity index (χ4v) is 4.13. The van der Waals surface area contributed by atoms with E-state index < -0.39 is 17.8 Å². The number of carbonyl (C=O) groups excluding carboxylic acids is 2. The average molecular weight is 553 g/mol. The van der Waals surface area contributed by atoms with Gasteiger partial charge in [-0.2, -0.15) is 13.2 Å². The van der Waals surface area contributed by atoms with Gasteiger partial charge in [0, 0.05) is 40.2 Å². The highest BCUT2D eigenvalue weighted by Crippen LogP contribution is 2.34. The van der Waals surface area contributed by atoms with Gasteiger partial charge in [-0.25, -0.2) is 14.2 Å². The normalized spacial score (nSPS) is 11.4. The SMILES string of the molecule is O=C(Nc1cccc(C(=O)c2c[nH]c3ncc(-c4ccc(F)cc4)cc23)c1)Nc1cc(C(F)(F)F)ccc1Cl. The predicted molar refractivity (Wildman–Crippen MR) is 140 cm³/mol. The van der Waals surface area contributed by atoms with Crippen LogP contribution >= 0.6 is 11.6 Å². The summed E-state index contributed by atoms with van der Waals surface area (Å²) in [6.07, 6.45) is -1.47. The van der Waals surface area contributed by atoms with Crippen molar-refractivity contribution in [2.75, 3.05) is 10.6 Å². The fourth-order valence-electron chi connectivity index (χ4n) is 3.97. The summed E-state index contributed by atoms with van der Waals surface area (Å²) >= 11 is 5.94. The largest absolute Gasteiger partial charge is 0.416 e. The number of H-pyrrole nitrogens is 1. The lowest BCUT2D eigenvalue weighted by molar-refractivity contribution is -0.137. The number of rotatable bonds is 5. The van der Waals surface area contributed by atoms with Crippen LogP contribution in [-0.4, -0.2) is 21.8 Å². The zero-order chi connectivity index (χ0) is 27.7. The van der Waals surface area contributed by atoms with Crippen LogP contribution in [0, 0.1) is 5.82 Å². The van der Waals surface area contributed by atoms with Crippen molar-refractivity contribution in [1.29, 1.82) is 0 Å². The zero-order valence-electron chi connectivity index (χ0n) is 19.7. The Bertz CT molecular complexity index is 1720. The first-order chi connectivity index (χ1) is 18.6. The Kier molecular flexibility index (Phi) is 6.80. The van der Waals surface area contributed by atoms with Crippen LogP contribution < -0.4 is 10.6 Å². The minimum Gasteiger partial charge on any atom is -0.345 e. The maximum atomic E-state index is 13.4. The predicted octanol–water partition coefficient (Wildman–Crippen LogP) is 7.92. The van der Waals surface area contributed by atoms with Gasteiger partial charge in [0.25, 0.3) is 0 Å². The summed E-state index contributed by atoms with van der Waals surface area (Å²) in [6.45, 7) is 0. The van der Waals surface area contributed by atoms with E-state index in [1.807, 2.05) is 0 Å². The van der Waals surface area contributed by atoms with Crippen LogP contribution in [0.4, 0.5) is 33.7 Å². The summed E-state index contributed by atoms with van der Waals surface area (Å²) in [5, 5.41) is 5.27. The molecule has 5 aromatic rings. The van der Waals surface area contributed by atoms with Gasteiger partial charge >= 0.3 is 12.2 Å². The van der Waals surface area contributed by atoms with Gasteiger partial charge in [-0.15, -0.1) is 0 Å². The van der Waals surface area contributed by atoms with Crippen molar-refractivity contribution in [3.8, 4) is 11.1 Å². The van der Waals surface area contributed by atoms with E-state index in [2.05, 4.69) is 20.6 Å². The summed E-state index contributed by atoms with van der Waals surface area (Å²) in [7, 11) is 0. The van der Waals surface area contributed by atoms with Crippen LogP contribution in [-0.2, 0) is 6.18 Å². The van der Waals surface area contributed by atoms with Gasteiger partial charge in [0.2, 0.25) is 0 Å². The topological polar surface area (TPSA) is 86.9 Å². The van der Waals surface area contributed by atoms with E-state index in [9.17, 15) is 27.2 Å². The molecule has 2 heterocycles. The summed E-state index contributed by atoms with van der Waals surface area (Å²) in [5.41, 5.74) is 1.52. The first-order valence-electron chi connectivity index (χ1n) is 11.4. The van der Waals surface area contributed by atoms with Gasteiger partial charge in [-0.05, 0) is 54.1 Å². The molecule has 0 aliphatic rings. The number of amides is 2. The van der Waals surface area contributed by atoms with E-state index in [1.54, 1.807) is 36.5 Å². The molecule has 39 heavy (non-hydrogen) atoms. The standard InChI is InChI=1S/C28H17ClF4N4O2/c29-23-9-6-18(28(31,32)33)12-24(23)37-27(39)36-20-3-1-2-16(10-20)25(38)22-14-35-26-21(22)11-17(13-34-26)15-4-7-19(30)8-5-15/h1-14H,(H,34,35)(H2,36,37,39). The molecule has 6 nitrogen and oxygen atoms in total. The molecule has 2 aromatic heterocycles. The number of hydrogen-bond donors (Lipinski definition) is 3. The number of ketones is 1. The maximum absolute atomic E-state index is 13.4. The maximum Gasteiger partial charge on any atom is 0.416 e. The second kappa shape index (κ2) is 10.2. The first kappa shape index (κ1) is 25.9. The molecule has 5 rings (SSSR count). The van der Waals surface area contributed by atoms with Crippen molar-refractivity contribution >= 4 is 45.8 Å². The van der Waals surface area contributed by atoms with Gasteiger partial charge < -0.3 is 15.6 Å². The highest BCUT2D eigenvalue weighted by Gasteiger charge is 2.31. The molecule has 0 spiro atoms. The molecule has 0 saturated heterocycles. The Morgan fingerprint density at radius 3 is 2.41 bits per heavy atom. The number of nitrogens with zero attached hydrogens (tertiary/aromatic N) is 1. The molecule has 0 aliphatic carbocycles. The molecule has 196 valence electrons. The van der Waals surface area contributed by atoms with Crippen LogP contribution in [0.1, 0.15) is 21.5 Å². The minimum atomic E-state index is -4.61. The highest BCUT2D eigenvalue weighted by atomic mass is 35.5. The number of aromatic nitrogens is 2. The molecule has 0 aliphatic heterocycles. The molecule has 0 radical (unpaired) electrons. The van der Waals surface area contributed by atoms with Gasteiger partial charge in [-0.1, -0.05) is 35.9 Å². The lowest BCUT2D eigenvalue weighted by Gasteiger charge is -2.12. The van der Waals surface area contributed by atoms with Crippen molar-refractivity contribution in [3.05, 3.63) is 113 Å². The van der Waals surface area contributed by atoms with Crippen LogP contribution in [0.3, 0.4) is 0 Å². The number of halogens is 5. The van der Waals surface area contributed by atoms with E-state index in [1.165, 1.54) is 30.5 Å². The number of benzene rings is 3. The number of nitrogens with one attached hydrogen (secondary N) is 3. The molecule has 3 aromatic carbocycles. The fraction of sp³-hybridized carbons (Fsp3) is 0.0357. The molecule has 2 amide bonds. The number of fused-ring (bicyclic) bond motifs is 1. The van der Waals surface area contributed by atoms with E-state index >= 15 is 0 Å². The third kappa shape index (κ3) is 5.60. The minimum absolute atomic E-state index is 0.0740. The molecule has 0 atom stereocenters. The molecule has 0 bridgehead atoms. The smallest absolute Gasteiger partial charge is 0.345 e. The van der Waals surface area contributed by atoms with Crippen LogP contribution in [0.15, 0.2) is 85.2 Å². The summed E-state index contributed by atoms with van der Waals surface area (Å²) < 4.78 is 52.4. The average Bonchev–Trinajstić information content (AvgIpc) is 3.33. The molecule has 11 heteroatoms. The van der Waals surface area contributed by atoms with Crippen molar-refractivity contribution in [2.45, 2.75) is 6.18 Å². The van der Waals surface area contributed by atoms with Crippen molar-refractivity contribution in [2.24, 2.45) is 0 Å². The van der Waals surface area contributed by atoms with Crippen LogP contribution in [0.5, 0.6) is 0 Å². The number of hydrogen-bond acceptors (Lipinski definition) is 3. The van der Waals surface area contributed by atoms with Crippen LogP contribution in [0.25, 0.3) is 22.2 Å². The van der Waals surface area contributed by atoms with Gasteiger partial charge in [-0.3, -0.25) is 4.79 Å². The number of aromatic amines is 1. The quantitative estimate of drug-likeness (QED) is 0.153. The molecule has 0 unspecified atom stereocenters. The monoisotopic (exact) mass is 552 g/mol. The van der Waals surface area contributed by atoms with E-state index in [-0.39, 0.29) is 33.6 Å². The van der Waals surface area contributed by atoms with E-state index in [4.69, 9.17) is 11.6 Å². The zero-order valence-corrected chi connectivity index (χ0v) is 20.5. The highest BCUT2D eigenvalue weighted by molar-refractivity contribution is 6.33. The Morgan fingerprint density at radius 2 is 1.67 bits per heavy atom. The Morgan fingerprint density at radius 1 is 0.897 bits per heavy atom. The second-order valence-electron chi connectivity index (χ2n) is 8.51. The van der Waals surface area contributed by atoms with Crippen molar-refractivity contribution < 1.29 is 27.2 Å². The summed E-state index contributed by atoms with van der Waals surface area (Å²) in [5.74, 6) is -0.727. The molecule has 0 fully saturated rings. The summed E-state index contributed by atoms with van der Waals surface area (Å²) in [6, 6.07) is 15.5. The molecular formula is C28H17ClF4N4O2. The van der Waals surface area contributed by atoms with Crippen molar-refractivity contribution in [3.63, 3.8) is 0 Å². The Hall–Kier alpha value is -4.70. The van der Waals surface area contributed by atoms with Crippen molar-refractivity contribution in [1.82, 2.24) is 9.97 Å². The van der Waals surface area contributed by atoms with Crippen LogP contribution in [0.2, 0.25) is 5.02 Å². The van der Waals surface area contributed by atoms with Gasteiger partial charge in [0.05, 0.1) is 16.3 Å². The first-order valence-corrected chi connectivity index (χ1v) is 11.8. The number of pyridine rings is 1. The van der Waals surface area contributed by atoms with Gasteiger partial charge in [0.1, 0.15) is 11.5 Å². The lowest BCUT2D eigenvalue weighted by atomic mass is 10.0. The third-order valence-electron chi connectivity index (χ3n) is 5.88. The van der Waals surface area contributed by atoms with E-state index in [0.29, 0.717) is 22.2 Å². The lowest BCUT2D eigenvalue weighted by Crippen LogP contribution is -2.20. The third-order valence-corrected chi connectivity index (χ3v) is 6.21. The number of carbonyl (C=O) groups is 2. The number of anilines is 2. The summed E-state index contributed by atoms with van der Waals surface area (Å²) in [4.78, 5) is 33.2. The van der Waals surface area contributed by atoms with Gasteiger partial charge in [0.15, 0.2) is 5.78 Å². The molecule has 0 saturated carbocycles. The van der Waals surface area contributed by atoms with E-state index in [0.717, 1.165) is 23.8 Å². The molecular weight excluding hydrogens is 536 g/mol.